The summed E-state index contributed by atoms with van der Waals surface area (Å²) in [6.45, 7) is 4.23. The number of aromatic nitrogens is 2. The Morgan fingerprint density at radius 3 is 2.87 bits per heavy atom. The maximum absolute atomic E-state index is 11.5. The largest absolute Gasteiger partial charge is 0.340 e. The molecule has 1 aromatic rings. The zero-order valence-corrected chi connectivity index (χ0v) is 10.2. The van der Waals surface area contributed by atoms with Crippen molar-refractivity contribution in [3.63, 3.8) is 0 Å². The zero-order chi connectivity index (χ0) is 11.4. The molecule has 0 radical (unpaired) electrons. The van der Waals surface area contributed by atoms with E-state index in [9.17, 15) is 4.79 Å². The van der Waals surface area contributed by atoms with Crippen LogP contribution in [0.2, 0.25) is 0 Å². The fraction of sp³-hybridized carbons (Fsp3) is 0.400. The number of hydrogen-bond donors (Lipinski definition) is 2. The van der Waals surface area contributed by atoms with Gasteiger partial charge in [0, 0.05) is 0 Å². The maximum Gasteiger partial charge on any atom is 0.273 e. The Morgan fingerprint density at radius 1 is 1.73 bits per heavy atom. The minimum atomic E-state index is -0.275. The summed E-state index contributed by atoms with van der Waals surface area (Å²) in [7, 11) is 0. The van der Waals surface area contributed by atoms with Crippen molar-refractivity contribution < 1.29 is 4.79 Å². The topological polar surface area (TPSA) is 57.8 Å². The van der Waals surface area contributed by atoms with Crippen LogP contribution in [0.4, 0.5) is 0 Å². The van der Waals surface area contributed by atoms with Crippen molar-refractivity contribution in [3.8, 4) is 12.3 Å². The van der Waals surface area contributed by atoms with Gasteiger partial charge in [-0.2, -0.15) is 5.10 Å². The molecule has 0 aromatic carbocycles. The number of halogens is 1. The summed E-state index contributed by atoms with van der Waals surface area (Å²) in [4.78, 5) is 11.5. The van der Waals surface area contributed by atoms with Crippen molar-refractivity contribution in [2.75, 3.05) is 6.54 Å². The van der Waals surface area contributed by atoms with Gasteiger partial charge < -0.3 is 5.32 Å². The Kier molecular flexibility index (Phi) is 3.92. The average Bonchev–Trinajstić information content (AvgIpc) is 2.56. The van der Waals surface area contributed by atoms with E-state index in [-0.39, 0.29) is 18.4 Å². The molecule has 0 saturated carbocycles. The summed E-state index contributed by atoms with van der Waals surface area (Å²) >= 11 is 3.34. The van der Waals surface area contributed by atoms with Gasteiger partial charge in [-0.3, -0.25) is 9.89 Å². The Morgan fingerprint density at radius 2 is 2.40 bits per heavy atom. The van der Waals surface area contributed by atoms with Gasteiger partial charge in [-0.1, -0.05) is 19.8 Å². The number of hydrogen-bond acceptors (Lipinski definition) is 2. The second kappa shape index (κ2) is 4.99. The fourth-order valence-electron chi connectivity index (χ4n) is 1.09. The lowest BCUT2D eigenvalue weighted by atomic mass is 10.1. The summed E-state index contributed by atoms with van der Waals surface area (Å²) in [5.41, 5.74) is 1.25. The van der Waals surface area contributed by atoms with Crippen LogP contribution < -0.4 is 5.32 Å². The molecule has 0 unspecified atom stereocenters. The van der Waals surface area contributed by atoms with Crippen LogP contribution in [-0.2, 0) is 0 Å². The van der Waals surface area contributed by atoms with Gasteiger partial charge in [-0.15, -0.1) is 6.42 Å². The first-order chi connectivity index (χ1) is 7.07. The van der Waals surface area contributed by atoms with Crippen LogP contribution in [0.5, 0.6) is 0 Å². The highest BCUT2D eigenvalue weighted by molar-refractivity contribution is 9.10. The molecule has 0 bridgehead atoms. The third-order valence-electron chi connectivity index (χ3n) is 1.88. The molecule has 0 fully saturated rings. The molecule has 0 atom stereocenters. The lowest BCUT2D eigenvalue weighted by molar-refractivity contribution is 0.0953. The van der Waals surface area contributed by atoms with E-state index < -0.39 is 0 Å². The molecule has 1 aromatic heterocycles. The van der Waals surface area contributed by atoms with Gasteiger partial charge in [0.2, 0.25) is 0 Å². The highest BCUT2D eigenvalue weighted by Gasteiger charge is 2.18. The minimum absolute atomic E-state index is 0.204. The van der Waals surface area contributed by atoms with Gasteiger partial charge in [-0.05, 0) is 21.8 Å². The first-order valence-electron chi connectivity index (χ1n) is 4.53. The number of carbonyl (C=O) groups is 1. The van der Waals surface area contributed by atoms with E-state index in [1.165, 1.54) is 0 Å². The van der Waals surface area contributed by atoms with Gasteiger partial charge in [0.15, 0.2) is 5.69 Å². The predicted octanol–water partition coefficient (Wildman–Crippen LogP) is 1.66. The lowest BCUT2D eigenvalue weighted by Gasteiger charge is -2.01. The van der Waals surface area contributed by atoms with Gasteiger partial charge in [0.05, 0.1) is 16.7 Å². The van der Waals surface area contributed by atoms with Gasteiger partial charge in [0.1, 0.15) is 0 Å². The van der Waals surface area contributed by atoms with Crippen molar-refractivity contribution in [2.45, 2.75) is 19.8 Å². The standard InChI is InChI=1S/C10H12BrN3O/c1-4-5-12-10(15)9-7(11)8(6(2)3)13-14-9/h1,6H,5H2,2-3H3,(H,12,15)(H,13,14). The van der Waals surface area contributed by atoms with E-state index >= 15 is 0 Å². The number of amides is 1. The molecule has 80 valence electrons. The van der Waals surface area contributed by atoms with Crippen molar-refractivity contribution in [2.24, 2.45) is 0 Å². The molecule has 0 spiro atoms. The summed E-state index contributed by atoms with van der Waals surface area (Å²) in [5.74, 6) is 2.34. The number of nitrogens with one attached hydrogen (secondary N) is 2. The van der Waals surface area contributed by atoms with Crippen LogP contribution in [0.15, 0.2) is 4.47 Å². The van der Waals surface area contributed by atoms with Crippen molar-refractivity contribution in [1.29, 1.82) is 0 Å². The lowest BCUT2D eigenvalue weighted by Crippen LogP contribution is -2.24. The monoisotopic (exact) mass is 269 g/mol. The SMILES string of the molecule is C#CCNC(=O)c1n[nH]c(C(C)C)c1Br. The van der Waals surface area contributed by atoms with Crippen LogP contribution in [0.25, 0.3) is 0 Å². The number of terminal acetylenes is 1. The molecule has 1 amide bonds. The minimum Gasteiger partial charge on any atom is -0.340 e. The van der Waals surface area contributed by atoms with Crippen LogP contribution >= 0.6 is 15.9 Å². The molecule has 1 heterocycles. The summed E-state index contributed by atoms with van der Waals surface area (Å²) in [5, 5.41) is 9.31. The molecule has 5 heteroatoms. The Labute approximate surface area is 97.0 Å². The van der Waals surface area contributed by atoms with Gasteiger partial charge >= 0.3 is 0 Å². The fourth-order valence-corrected chi connectivity index (χ4v) is 1.91. The average molecular weight is 270 g/mol. The molecule has 1 rings (SSSR count). The highest BCUT2D eigenvalue weighted by atomic mass is 79.9. The molecular weight excluding hydrogens is 258 g/mol. The predicted molar refractivity (Wildman–Crippen MR) is 61.5 cm³/mol. The molecular formula is C10H12BrN3O. The highest BCUT2D eigenvalue weighted by Crippen LogP contribution is 2.25. The van der Waals surface area contributed by atoms with E-state index in [1.807, 2.05) is 13.8 Å². The van der Waals surface area contributed by atoms with Crippen LogP contribution in [0, 0.1) is 12.3 Å². The molecule has 0 aliphatic carbocycles. The molecule has 0 aliphatic heterocycles. The van der Waals surface area contributed by atoms with E-state index in [0.29, 0.717) is 10.2 Å². The van der Waals surface area contributed by atoms with Crippen LogP contribution in [-0.4, -0.2) is 22.6 Å². The van der Waals surface area contributed by atoms with Gasteiger partial charge in [0.25, 0.3) is 5.91 Å². The second-order valence-corrected chi connectivity index (χ2v) is 4.13. The Balaban J connectivity index is 2.88. The first-order valence-corrected chi connectivity index (χ1v) is 5.32. The number of nitrogens with zero attached hydrogens (tertiary/aromatic N) is 1. The molecule has 15 heavy (non-hydrogen) atoms. The summed E-state index contributed by atoms with van der Waals surface area (Å²) in [6, 6.07) is 0. The number of aromatic amines is 1. The third-order valence-corrected chi connectivity index (χ3v) is 2.68. The molecule has 4 nitrogen and oxygen atoms in total. The Hall–Kier alpha value is -1.28. The smallest absolute Gasteiger partial charge is 0.273 e. The quantitative estimate of drug-likeness (QED) is 0.821. The molecule has 0 aliphatic rings. The van der Waals surface area contributed by atoms with E-state index in [2.05, 4.69) is 37.4 Å². The second-order valence-electron chi connectivity index (χ2n) is 3.34. The van der Waals surface area contributed by atoms with Crippen molar-refractivity contribution >= 4 is 21.8 Å². The first kappa shape index (κ1) is 11.8. The van der Waals surface area contributed by atoms with Crippen LogP contribution in [0.1, 0.15) is 35.9 Å². The number of H-pyrrole nitrogens is 1. The summed E-state index contributed by atoms with van der Waals surface area (Å²) < 4.78 is 0.701. The van der Waals surface area contributed by atoms with E-state index in [0.717, 1.165) is 5.69 Å². The van der Waals surface area contributed by atoms with Crippen molar-refractivity contribution in [1.82, 2.24) is 15.5 Å². The normalized spacial score (nSPS) is 10.1. The van der Waals surface area contributed by atoms with E-state index in [4.69, 9.17) is 6.42 Å². The van der Waals surface area contributed by atoms with Crippen LogP contribution in [0.3, 0.4) is 0 Å². The number of carbonyl (C=O) groups excluding carboxylic acids is 1. The van der Waals surface area contributed by atoms with Gasteiger partial charge in [-0.25, -0.2) is 0 Å². The third kappa shape index (κ3) is 2.60. The van der Waals surface area contributed by atoms with Crippen molar-refractivity contribution in [3.05, 3.63) is 15.9 Å². The Bertz CT molecular complexity index is 403. The maximum atomic E-state index is 11.5. The number of rotatable bonds is 3. The zero-order valence-electron chi connectivity index (χ0n) is 8.60. The molecule has 2 N–H and O–H groups in total. The molecule has 0 saturated heterocycles. The van der Waals surface area contributed by atoms with E-state index in [1.54, 1.807) is 0 Å². The summed E-state index contributed by atoms with van der Waals surface area (Å²) in [6.07, 6.45) is 5.04.